The number of likely N-dealkylation sites (tertiary alicyclic amines) is 1. The minimum atomic E-state index is -0.631. The van der Waals surface area contributed by atoms with Crippen molar-refractivity contribution >= 4 is 38.4 Å². The molecule has 4 aromatic rings. The lowest BCUT2D eigenvalue weighted by molar-refractivity contribution is 0.0922. The number of halogens is 2. The first-order valence-electron chi connectivity index (χ1n) is 12.0. The molecule has 2 aliphatic heterocycles. The molecular formula is C27H23BrFN5O3. The summed E-state index contributed by atoms with van der Waals surface area (Å²) >= 11 is 3.47. The highest BCUT2D eigenvalue weighted by Gasteiger charge is 2.35. The highest BCUT2D eigenvalue weighted by molar-refractivity contribution is 9.10. The van der Waals surface area contributed by atoms with Crippen molar-refractivity contribution in [3.63, 3.8) is 0 Å². The Kier molecular flexibility index (Phi) is 6.00. The monoisotopic (exact) mass is 563 g/mol. The van der Waals surface area contributed by atoms with Gasteiger partial charge in [-0.2, -0.15) is 0 Å². The molecule has 10 heteroatoms. The van der Waals surface area contributed by atoms with Crippen molar-refractivity contribution in [3.05, 3.63) is 92.6 Å². The molecule has 0 unspecified atom stereocenters. The van der Waals surface area contributed by atoms with Gasteiger partial charge in [-0.1, -0.05) is 22.0 Å². The lowest BCUT2D eigenvalue weighted by atomic mass is 9.83. The third-order valence-corrected chi connectivity index (χ3v) is 7.69. The summed E-state index contributed by atoms with van der Waals surface area (Å²) in [6, 6.07) is 16.1. The second-order valence-corrected chi connectivity index (χ2v) is 10.6. The Hall–Kier alpha value is -3.63. The molecule has 6 rings (SSSR count). The summed E-state index contributed by atoms with van der Waals surface area (Å²) in [4.78, 5) is 27.1. The van der Waals surface area contributed by atoms with Gasteiger partial charge in [-0.15, -0.1) is 10.2 Å². The van der Waals surface area contributed by atoms with Crippen LogP contribution in [0.15, 0.2) is 80.2 Å². The van der Waals surface area contributed by atoms with Gasteiger partial charge in [0.05, 0.1) is 12.2 Å². The molecule has 0 radical (unpaired) electrons. The number of benzene rings is 2. The first-order chi connectivity index (χ1) is 17.9. The molecule has 0 saturated carbocycles. The highest BCUT2D eigenvalue weighted by Crippen LogP contribution is 2.41. The van der Waals surface area contributed by atoms with Crippen LogP contribution in [0.1, 0.15) is 28.4 Å². The van der Waals surface area contributed by atoms with Crippen LogP contribution in [0, 0.1) is 11.7 Å². The van der Waals surface area contributed by atoms with Gasteiger partial charge in [-0.05, 0) is 60.9 Å². The van der Waals surface area contributed by atoms with Crippen molar-refractivity contribution in [2.75, 3.05) is 13.1 Å². The largest absolute Gasteiger partial charge is 0.493 e. The Labute approximate surface area is 219 Å². The Morgan fingerprint density at radius 2 is 1.89 bits per heavy atom. The zero-order valence-corrected chi connectivity index (χ0v) is 21.3. The highest BCUT2D eigenvalue weighted by atomic mass is 79.9. The smallest absolute Gasteiger partial charge is 0.295 e. The van der Waals surface area contributed by atoms with E-state index in [1.165, 1.54) is 24.3 Å². The number of hydrogen-bond donors (Lipinski definition) is 1. The quantitative estimate of drug-likeness (QED) is 0.336. The number of fused-ring (bicyclic) bond motifs is 5. The number of rotatable bonds is 4. The van der Waals surface area contributed by atoms with E-state index in [2.05, 4.69) is 31.1 Å². The summed E-state index contributed by atoms with van der Waals surface area (Å²) < 4.78 is 17.7. The molecule has 0 aliphatic carbocycles. The van der Waals surface area contributed by atoms with Gasteiger partial charge in [0.1, 0.15) is 5.82 Å². The molecule has 2 atom stereocenters. The van der Waals surface area contributed by atoms with E-state index in [-0.39, 0.29) is 28.6 Å². The number of hydrogen-bond acceptors (Lipinski definition) is 5. The molecule has 2 aromatic carbocycles. The summed E-state index contributed by atoms with van der Waals surface area (Å²) in [5.41, 5.74) is 2.27. The molecule has 4 heterocycles. The number of amides is 1. The molecule has 1 saturated heterocycles. The Morgan fingerprint density at radius 3 is 2.70 bits per heavy atom. The molecule has 2 bridgehead atoms. The maximum absolute atomic E-state index is 13.2. The van der Waals surface area contributed by atoms with Crippen molar-refractivity contribution < 1.29 is 14.3 Å². The van der Waals surface area contributed by atoms with E-state index in [4.69, 9.17) is 0 Å². The fourth-order valence-electron chi connectivity index (χ4n) is 5.59. The average Bonchev–Trinajstić information content (AvgIpc) is 3.13. The number of aromatic hydroxyl groups is 1. The minimum Gasteiger partial charge on any atom is -0.493 e. The fourth-order valence-corrected chi connectivity index (χ4v) is 5.96. The van der Waals surface area contributed by atoms with Gasteiger partial charge in [0.15, 0.2) is 5.69 Å². The number of aromatic nitrogens is 2. The van der Waals surface area contributed by atoms with Crippen molar-refractivity contribution in [2.45, 2.75) is 25.6 Å². The normalized spacial score (nSPS) is 19.4. The van der Waals surface area contributed by atoms with Gasteiger partial charge >= 0.3 is 0 Å². The minimum absolute atomic E-state index is 0.0467. The van der Waals surface area contributed by atoms with Crippen LogP contribution in [0.5, 0.6) is 5.88 Å². The van der Waals surface area contributed by atoms with E-state index in [9.17, 15) is 19.1 Å². The van der Waals surface area contributed by atoms with E-state index in [0.29, 0.717) is 24.5 Å². The standard InChI is InChI=1S/C27H23BrFN5O3/c28-19-6-9-23-21(11-19)25(30-31-26(36)17-4-7-20(29)8-5-17)27(37)34(23)15-32-12-16-10-18(14-32)22-2-1-3-24(35)33(22)13-16/h1-9,11,16,18,37H,10,12-15H2/t16-,18-/m1/s1. The van der Waals surface area contributed by atoms with Gasteiger partial charge in [0.25, 0.3) is 11.5 Å². The summed E-state index contributed by atoms with van der Waals surface area (Å²) in [6.45, 7) is 2.68. The zero-order chi connectivity index (χ0) is 25.7. The van der Waals surface area contributed by atoms with E-state index in [0.717, 1.165) is 35.2 Å². The van der Waals surface area contributed by atoms with Crippen LogP contribution in [0.3, 0.4) is 0 Å². The molecule has 37 heavy (non-hydrogen) atoms. The zero-order valence-electron chi connectivity index (χ0n) is 19.7. The first kappa shape index (κ1) is 23.7. The van der Waals surface area contributed by atoms with E-state index in [1.807, 2.05) is 34.9 Å². The van der Waals surface area contributed by atoms with Gasteiger partial charge in [-0.3, -0.25) is 19.1 Å². The maximum Gasteiger partial charge on any atom is 0.295 e. The fraction of sp³-hybridized carbons (Fsp3) is 0.259. The lowest BCUT2D eigenvalue weighted by Gasteiger charge is -2.42. The summed E-state index contributed by atoms with van der Waals surface area (Å²) in [6.07, 6.45) is 1.04. The van der Waals surface area contributed by atoms with Crippen molar-refractivity contribution in [1.82, 2.24) is 14.0 Å². The number of piperidine rings is 1. The van der Waals surface area contributed by atoms with Crippen LogP contribution in [0.25, 0.3) is 10.9 Å². The SMILES string of the molecule is O=C(N=Nc1c(O)n(CN2C[C@H]3C[C@H](C2)c2cccc(=O)n2C3)c2ccc(Br)cc12)c1ccc(F)cc1. The van der Waals surface area contributed by atoms with Gasteiger partial charge in [0.2, 0.25) is 5.88 Å². The molecule has 0 spiro atoms. The Morgan fingerprint density at radius 1 is 1.08 bits per heavy atom. The third kappa shape index (κ3) is 4.40. The van der Waals surface area contributed by atoms with Crippen molar-refractivity contribution in [1.29, 1.82) is 0 Å². The topological polar surface area (TPSA) is 92.2 Å². The number of nitrogens with zero attached hydrogens (tertiary/aromatic N) is 5. The van der Waals surface area contributed by atoms with Gasteiger partial charge < -0.3 is 9.67 Å². The summed E-state index contributed by atoms with van der Waals surface area (Å²) in [5.74, 6) is -0.579. The van der Waals surface area contributed by atoms with Crippen LogP contribution in [0.4, 0.5) is 10.1 Å². The second-order valence-electron chi connectivity index (χ2n) is 9.65. The molecule has 8 nitrogen and oxygen atoms in total. The lowest BCUT2D eigenvalue weighted by Crippen LogP contribution is -2.47. The Bertz CT molecular complexity index is 1610. The number of azo groups is 1. The third-order valence-electron chi connectivity index (χ3n) is 7.20. The Balaban J connectivity index is 1.31. The molecule has 188 valence electrons. The molecule has 2 aliphatic rings. The van der Waals surface area contributed by atoms with Crippen molar-refractivity contribution in [2.24, 2.45) is 16.1 Å². The summed E-state index contributed by atoms with van der Waals surface area (Å²) in [7, 11) is 0. The van der Waals surface area contributed by atoms with Gasteiger partial charge in [-0.25, -0.2) is 4.39 Å². The van der Waals surface area contributed by atoms with Crippen molar-refractivity contribution in [3.8, 4) is 5.88 Å². The van der Waals surface area contributed by atoms with E-state index in [1.54, 1.807) is 10.6 Å². The number of carbonyl (C=O) groups is 1. The maximum atomic E-state index is 13.2. The van der Waals surface area contributed by atoms with Gasteiger partial charge in [0, 0.05) is 52.7 Å². The van der Waals surface area contributed by atoms with E-state index >= 15 is 0 Å². The number of pyridine rings is 1. The van der Waals surface area contributed by atoms with Crippen LogP contribution < -0.4 is 5.56 Å². The van der Waals surface area contributed by atoms with Crippen LogP contribution in [-0.4, -0.2) is 38.1 Å². The van der Waals surface area contributed by atoms with Crippen LogP contribution in [0.2, 0.25) is 0 Å². The van der Waals surface area contributed by atoms with Crippen LogP contribution in [-0.2, 0) is 13.2 Å². The summed E-state index contributed by atoms with van der Waals surface area (Å²) in [5, 5.41) is 19.8. The number of carbonyl (C=O) groups excluding carboxylic acids is 1. The molecule has 2 aromatic heterocycles. The molecule has 1 fully saturated rings. The average molecular weight is 564 g/mol. The molecular weight excluding hydrogens is 541 g/mol. The van der Waals surface area contributed by atoms with E-state index < -0.39 is 11.7 Å². The molecule has 1 amide bonds. The first-order valence-corrected chi connectivity index (χ1v) is 12.8. The predicted octanol–water partition coefficient (Wildman–Crippen LogP) is 5.41. The predicted molar refractivity (Wildman–Crippen MR) is 140 cm³/mol. The molecule has 1 N–H and O–H groups in total. The van der Waals surface area contributed by atoms with Crippen LogP contribution >= 0.6 is 15.9 Å². The second kappa shape index (κ2) is 9.35.